The second-order valence-electron chi connectivity index (χ2n) is 3.52. The van der Waals surface area contributed by atoms with E-state index in [9.17, 15) is 4.79 Å². The summed E-state index contributed by atoms with van der Waals surface area (Å²) < 4.78 is 4.75. The predicted molar refractivity (Wildman–Crippen MR) is 50.4 cm³/mol. The van der Waals surface area contributed by atoms with Gasteiger partial charge in [-0.05, 0) is 27.2 Å². The number of ether oxygens (including phenoxy) is 1. The van der Waals surface area contributed by atoms with Crippen LogP contribution < -0.4 is 5.32 Å². The van der Waals surface area contributed by atoms with Crippen molar-refractivity contribution in [3.8, 4) is 0 Å². The van der Waals surface area contributed by atoms with E-state index in [-0.39, 0.29) is 24.7 Å². The average molecular weight is 189 g/mol. The van der Waals surface area contributed by atoms with Gasteiger partial charge in [0.1, 0.15) is 0 Å². The summed E-state index contributed by atoms with van der Waals surface area (Å²) in [6, 6.07) is 0. The second-order valence-corrected chi connectivity index (χ2v) is 3.52. The third-order valence-electron chi connectivity index (χ3n) is 1.75. The lowest BCUT2D eigenvalue weighted by molar-refractivity contribution is -0.142. The molecule has 0 aromatic rings. The van der Waals surface area contributed by atoms with Crippen LogP contribution in [0.15, 0.2) is 0 Å². The molecule has 0 aromatic heterocycles. The Morgan fingerprint density at radius 2 is 2.15 bits per heavy atom. The summed E-state index contributed by atoms with van der Waals surface area (Å²) in [5.41, 5.74) is -0.221. The molecule has 0 bridgehead atoms. The number of rotatable bonds is 6. The summed E-state index contributed by atoms with van der Waals surface area (Å²) in [4.78, 5) is 10.9. The molecule has 0 unspecified atom stereocenters. The quantitative estimate of drug-likeness (QED) is 0.590. The molecular weight excluding hydrogens is 170 g/mol. The van der Waals surface area contributed by atoms with Crippen LogP contribution in [-0.4, -0.2) is 36.4 Å². The highest BCUT2D eigenvalue weighted by molar-refractivity contribution is 5.71. The molecule has 0 atom stereocenters. The fourth-order valence-electron chi connectivity index (χ4n) is 0.891. The Hall–Kier alpha value is -0.610. The highest BCUT2D eigenvalue weighted by atomic mass is 16.5. The van der Waals surface area contributed by atoms with E-state index in [0.29, 0.717) is 13.0 Å². The van der Waals surface area contributed by atoms with Crippen molar-refractivity contribution in [1.29, 1.82) is 0 Å². The number of esters is 1. The standard InChI is InChI=1S/C9H19NO3/c1-4-13-8(12)7-10-9(2,3)5-6-11/h10-11H,4-7H2,1-3H3. The SMILES string of the molecule is CCOC(=O)CNC(C)(C)CCO. The molecule has 0 amide bonds. The fourth-order valence-corrected chi connectivity index (χ4v) is 0.891. The number of hydrogen-bond donors (Lipinski definition) is 2. The van der Waals surface area contributed by atoms with Gasteiger partial charge in [-0.25, -0.2) is 0 Å². The number of aliphatic hydroxyl groups is 1. The summed E-state index contributed by atoms with van der Waals surface area (Å²) >= 11 is 0. The maximum Gasteiger partial charge on any atom is 0.319 e. The van der Waals surface area contributed by atoms with E-state index in [4.69, 9.17) is 9.84 Å². The Balaban J connectivity index is 3.67. The van der Waals surface area contributed by atoms with Gasteiger partial charge in [0.25, 0.3) is 0 Å². The molecule has 4 nitrogen and oxygen atoms in total. The molecule has 78 valence electrons. The summed E-state index contributed by atoms with van der Waals surface area (Å²) in [6.07, 6.45) is 0.617. The van der Waals surface area contributed by atoms with Crippen LogP contribution in [0.5, 0.6) is 0 Å². The van der Waals surface area contributed by atoms with Crippen molar-refractivity contribution in [1.82, 2.24) is 5.32 Å². The first-order valence-corrected chi connectivity index (χ1v) is 4.53. The number of aliphatic hydroxyl groups excluding tert-OH is 1. The number of carbonyl (C=O) groups is 1. The second kappa shape index (κ2) is 5.94. The van der Waals surface area contributed by atoms with Gasteiger partial charge in [0.2, 0.25) is 0 Å². The van der Waals surface area contributed by atoms with Crippen molar-refractivity contribution in [3.05, 3.63) is 0 Å². The Morgan fingerprint density at radius 1 is 1.54 bits per heavy atom. The topological polar surface area (TPSA) is 58.6 Å². The van der Waals surface area contributed by atoms with Crippen molar-refractivity contribution in [2.45, 2.75) is 32.7 Å². The maximum absolute atomic E-state index is 10.9. The zero-order chi connectivity index (χ0) is 10.3. The fraction of sp³-hybridized carbons (Fsp3) is 0.889. The van der Waals surface area contributed by atoms with Gasteiger partial charge in [0, 0.05) is 12.1 Å². The summed E-state index contributed by atoms with van der Waals surface area (Å²) in [5.74, 6) is -0.256. The molecular formula is C9H19NO3. The first-order valence-electron chi connectivity index (χ1n) is 4.53. The lowest BCUT2D eigenvalue weighted by atomic mass is 10.0. The number of carbonyl (C=O) groups excluding carboxylic acids is 1. The normalized spacial score (nSPS) is 11.4. The Morgan fingerprint density at radius 3 is 2.62 bits per heavy atom. The Kier molecular flexibility index (Phi) is 5.66. The predicted octanol–water partition coefficient (Wildman–Crippen LogP) is 0.300. The largest absolute Gasteiger partial charge is 0.465 e. The lowest BCUT2D eigenvalue weighted by Crippen LogP contribution is -2.43. The van der Waals surface area contributed by atoms with Gasteiger partial charge in [-0.15, -0.1) is 0 Å². The third kappa shape index (κ3) is 6.54. The molecule has 0 saturated carbocycles. The van der Waals surface area contributed by atoms with E-state index >= 15 is 0 Å². The molecule has 0 fully saturated rings. The van der Waals surface area contributed by atoms with Gasteiger partial charge >= 0.3 is 5.97 Å². The summed E-state index contributed by atoms with van der Waals surface area (Å²) in [5, 5.41) is 11.7. The minimum absolute atomic E-state index is 0.114. The maximum atomic E-state index is 10.9. The average Bonchev–Trinajstić information content (AvgIpc) is 2.02. The van der Waals surface area contributed by atoms with E-state index in [1.807, 2.05) is 13.8 Å². The molecule has 0 rings (SSSR count). The van der Waals surface area contributed by atoms with Crippen LogP contribution in [0.2, 0.25) is 0 Å². The highest BCUT2D eigenvalue weighted by Crippen LogP contribution is 2.06. The molecule has 2 N–H and O–H groups in total. The minimum atomic E-state index is -0.256. The lowest BCUT2D eigenvalue weighted by Gasteiger charge is -2.24. The van der Waals surface area contributed by atoms with Crippen LogP contribution in [-0.2, 0) is 9.53 Å². The molecule has 0 radical (unpaired) electrons. The van der Waals surface area contributed by atoms with Gasteiger partial charge in [0.15, 0.2) is 0 Å². The zero-order valence-electron chi connectivity index (χ0n) is 8.59. The van der Waals surface area contributed by atoms with Crippen molar-refractivity contribution in [2.24, 2.45) is 0 Å². The molecule has 0 aliphatic heterocycles. The molecule has 0 spiro atoms. The molecule has 0 aliphatic rings. The van der Waals surface area contributed by atoms with E-state index in [2.05, 4.69) is 5.32 Å². The van der Waals surface area contributed by atoms with Gasteiger partial charge < -0.3 is 15.2 Å². The first kappa shape index (κ1) is 12.4. The van der Waals surface area contributed by atoms with E-state index in [1.165, 1.54) is 0 Å². The third-order valence-corrected chi connectivity index (χ3v) is 1.75. The van der Waals surface area contributed by atoms with Crippen LogP contribution in [0.25, 0.3) is 0 Å². The molecule has 0 aromatic carbocycles. The van der Waals surface area contributed by atoms with Gasteiger partial charge in [-0.3, -0.25) is 4.79 Å². The number of hydrogen-bond acceptors (Lipinski definition) is 4. The van der Waals surface area contributed by atoms with Crippen molar-refractivity contribution in [3.63, 3.8) is 0 Å². The van der Waals surface area contributed by atoms with Crippen molar-refractivity contribution >= 4 is 5.97 Å². The molecule has 13 heavy (non-hydrogen) atoms. The van der Waals surface area contributed by atoms with Crippen molar-refractivity contribution < 1.29 is 14.6 Å². The van der Waals surface area contributed by atoms with Crippen LogP contribution in [0.4, 0.5) is 0 Å². The van der Waals surface area contributed by atoms with E-state index in [0.717, 1.165) is 0 Å². The zero-order valence-corrected chi connectivity index (χ0v) is 8.59. The molecule has 0 aliphatic carbocycles. The Labute approximate surface area is 79.3 Å². The number of nitrogens with one attached hydrogen (secondary N) is 1. The van der Waals surface area contributed by atoms with Gasteiger partial charge in [-0.2, -0.15) is 0 Å². The van der Waals surface area contributed by atoms with Crippen molar-refractivity contribution in [2.75, 3.05) is 19.8 Å². The Bertz CT molecular complexity index is 157. The molecule has 0 heterocycles. The van der Waals surface area contributed by atoms with Crippen LogP contribution >= 0.6 is 0 Å². The smallest absolute Gasteiger partial charge is 0.319 e. The van der Waals surface area contributed by atoms with E-state index < -0.39 is 0 Å². The van der Waals surface area contributed by atoms with Gasteiger partial charge in [-0.1, -0.05) is 0 Å². The first-order chi connectivity index (χ1) is 6.02. The van der Waals surface area contributed by atoms with Crippen LogP contribution in [0.1, 0.15) is 27.2 Å². The van der Waals surface area contributed by atoms with E-state index in [1.54, 1.807) is 6.92 Å². The summed E-state index contributed by atoms with van der Waals surface area (Å²) in [7, 11) is 0. The molecule has 0 saturated heterocycles. The summed E-state index contributed by atoms with van der Waals surface area (Å²) in [6.45, 7) is 6.35. The highest BCUT2D eigenvalue weighted by Gasteiger charge is 2.17. The monoisotopic (exact) mass is 189 g/mol. The minimum Gasteiger partial charge on any atom is -0.465 e. The van der Waals surface area contributed by atoms with Crippen LogP contribution in [0, 0.1) is 0 Å². The van der Waals surface area contributed by atoms with Crippen LogP contribution in [0.3, 0.4) is 0 Å². The van der Waals surface area contributed by atoms with Gasteiger partial charge in [0.05, 0.1) is 13.2 Å². The molecule has 4 heteroatoms.